The number of amides is 2. The molecule has 1 heterocycles. The minimum atomic E-state index is 0.00389. The monoisotopic (exact) mass is 373 g/mol. The molecule has 1 atom stereocenters. The summed E-state index contributed by atoms with van der Waals surface area (Å²) in [4.78, 5) is 25.3. The molecule has 1 aromatic rings. The average molecular weight is 374 g/mol. The van der Waals surface area contributed by atoms with Gasteiger partial charge >= 0.3 is 0 Å². The number of hydrogen-bond donors (Lipinski definition) is 2. The summed E-state index contributed by atoms with van der Waals surface area (Å²) in [5, 5.41) is 5.77. The lowest BCUT2D eigenvalue weighted by Crippen LogP contribution is -2.36. The zero-order valence-corrected chi connectivity index (χ0v) is 16.9. The molecule has 1 aliphatic heterocycles. The van der Waals surface area contributed by atoms with Crippen LogP contribution in [0.4, 0.5) is 0 Å². The predicted octanol–water partition coefficient (Wildman–Crippen LogP) is 3.37. The summed E-state index contributed by atoms with van der Waals surface area (Å²) in [5.74, 6) is 0.102. The second-order valence-corrected chi connectivity index (χ2v) is 7.70. The first kappa shape index (κ1) is 21.4. The molecule has 5 heteroatoms. The molecule has 0 aromatic heterocycles. The first-order chi connectivity index (χ1) is 13.0. The molecule has 0 spiro atoms. The van der Waals surface area contributed by atoms with E-state index in [1.165, 1.54) is 38.3 Å². The Morgan fingerprint density at radius 3 is 2.48 bits per heavy atom. The van der Waals surface area contributed by atoms with Gasteiger partial charge in [0.25, 0.3) is 0 Å². The Bertz CT molecular complexity index is 586. The van der Waals surface area contributed by atoms with Gasteiger partial charge in [0.2, 0.25) is 11.8 Å². The van der Waals surface area contributed by atoms with Gasteiger partial charge in [-0.25, -0.2) is 0 Å². The van der Waals surface area contributed by atoms with Crippen molar-refractivity contribution in [3.8, 4) is 0 Å². The van der Waals surface area contributed by atoms with Gasteiger partial charge in [-0.05, 0) is 50.3 Å². The Morgan fingerprint density at radius 1 is 1.04 bits per heavy atom. The fraction of sp³-hybridized carbons (Fsp3) is 0.636. The van der Waals surface area contributed by atoms with Gasteiger partial charge in [0, 0.05) is 39.0 Å². The maximum atomic E-state index is 11.9. The second-order valence-electron chi connectivity index (χ2n) is 7.70. The number of piperidine rings is 1. The number of carbonyl (C=O) groups is 2. The van der Waals surface area contributed by atoms with E-state index in [1.54, 1.807) is 0 Å². The van der Waals surface area contributed by atoms with Gasteiger partial charge < -0.3 is 10.6 Å². The number of unbranched alkanes of at least 4 members (excludes halogenated alkanes) is 2. The summed E-state index contributed by atoms with van der Waals surface area (Å²) in [6.07, 6.45) is 7.25. The van der Waals surface area contributed by atoms with Gasteiger partial charge in [-0.15, -0.1) is 0 Å². The molecular formula is C22H35N3O2. The molecule has 1 aliphatic rings. The van der Waals surface area contributed by atoms with Gasteiger partial charge in [0.1, 0.15) is 0 Å². The van der Waals surface area contributed by atoms with Gasteiger partial charge in [0.15, 0.2) is 0 Å². The molecule has 2 N–H and O–H groups in total. The van der Waals surface area contributed by atoms with E-state index in [4.69, 9.17) is 0 Å². The van der Waals surface area contributed by atoms with Gasteiger partial charge in [-0.1, -0.05) is 37.1 Å². The number of nitrogens with zero attached hydrogens (tertiary/aromatic N) is 1. The van der Waals surface area contributed by atoms with Crippen LogP contribution in [-0.4, -0.2) is 35.8 Å². The summed E-state index contributed by atoms with van der Waals surface area (Å²) >= 11 is 0. The van der Waals surface area contributed by atoms with E-state index < -0.39 is 0 Å². The summed E-state index contributed by atoms with van der Waals surface area (Å²) in [5.41, 5.74) is 2.49. The van der Waals surface area contributed by atoms with Crippen LogP contribution in [0.15, 0.2) is 24.3 Å². The second kappa shape index (κ2) is 11.8. The minimum Gasteiger partial charge on any atom is -0.356 e. The molecule has 0 aliphatic carbocycles. The van der Waals surface area contributed by atoms with Crippen LogP contribution in [0.1, 0.15) is 69.9 Å². The number of hydrogen-bond acceptors (Lipinski definition) is 3. The van der Waals surface area contributed by atoms with E-state index in [0.717, 1.165) is 31.4 Å². The summed E-state index contributed by atoms with van der Waals surface area (Å²) in [7, 11) is 0. The van der Waals surface area contributed by atoms with Crippen molar-refractivity contribution < 1.29 is 9.59 Å². The largest absolute Gasteiger partial charge is 0.356 e. The van der Waals surface area contributed by atoms with Gasteiger partial charge in [-0.2, -0.15) is 0 Å². The number of nitrogens with one attached hydrogen (secondary N) is 2. The smallest absolute Gasteiger partial charge is 0.220 e. The van der Waals surface area contributed by atoms with Crippen molar-refractivity contribution >= 4 is 11.8 Å². The fourth-order valence-corrected chi connectivity index (χ4v) is 3.53. The van der Waals surface area contributed by atoms with E-state index in [2.05, 4.69) is 46.7 Å². The Morgan fingerprint density at radius 2 is 1.78 bits per heavy atom. The molecule has 2 rings (SSSR count). The minimum absolute atomic E-state index is 0.00389. The molecule has 0 saturated carbocycles. The lowest BCUT2D eigenvalue weighted by Gasteiger charge is -2.33. The fourth-order valence-electron chi connectivity index (χ4n) is 3.53. The number of benzene rings is 1. The summed E-state index contributed by atoms with van der Waals surface area (Å²) < 4.78 is 0. The highest BCUT2D eigenvalue weighted by Crippen LogP contribution is 2.19. The molecule has 150 valence electrons. The Hall–Kier alpha value is -1.88. The molecule has 5 nitrogen and oxygen atoms in total. The quantitative estimate of drug-likeness (QED) is 0.618. The van der Waals surface area contributed by atoms with Crippen molar-refractivity contribution in [3.63, 3.8) is 0 Å². The lowest BCUT2D eigenvalue weighted by molar-refractivity contribution is -0.121. The lowest BCUT2D eigenvalue weighted by atomic mass is 10.0. The Balaban J connectivity index is 1.61. The van der Waals surface area contributed by atoms with Crippen LogP contribution >= 0.6 is 0 Å². The molecular weight excluding hydrogens is 338 g/mol. The van der Waals surface area contributed by atoms with Crippen molar-refractivity contribution in [2.75, 3.05) is 13.1 Å². The summed E-state index contributed by atoms with van der Waals surface area (Å²) in [6.45, 7) is 7.35. The van der Waals surface area contributed by atoms with Crippen LogP contribution < -0.4 is 10.6 Å². The molecule has 1 saturated heterocycles. The van der Waals surface area contributed by atoms with Crippen molar-refractivity contribution in [1.29, 1.82) is 0 Å². The number of carbonyl (C=O) groups excluding carboxylic acids is 2. The maximum absolute atomic E-state index is 11.9. The molecule has 2 amide bonds. The normalized spacial score (nSPS) is 17.5. The zero-order valence-electron chi connectivity index (χ0n) is 16.9. The van der Waals surface area contributed by atoms with Gasteiger partial charge in [-0.3, -0.25) is 14.5 Å². The van der Waals surface area contributed by atoms with E-state index in [0.29, 0.717) is 25.6 Å². The first-order valence-corrected chi connectivity index (χ1v) is 10.4. The van der Waals surface area contributed by atoms with Crippen LogP contribution in [0, 0.1) is 0 Å². The number of rotatable bonds is 10. The van der Waals surface area contributed by atoms with Crippen LogP contribution in [-0.2, 0) is 22.7 Å². The van der Waals surface area contributed by atoms with Gasteiger partial charge in [0.05, 0.1) is 0 Å². The highest BCUT2D eigenvalue weighted by molar-refractivity contribution is 5.75. The molecule has 27 heavy (non-hydrogen) atoms. The molecule has 1 aromatic carbocycles. The summed E-state index contributed by atoms with van der Waals surface area (Å²) in [6, 6.07) is 9.29. The van der Waals surface area contributed by atoms with E-state index >= 15 is 0 Å². The molecule has 0 unspecified atom stereocenters. The number of likely N-dealkylation sites (tertiary alicyclic amines) is 1. The predicted molar refractivity (Wildman–Crippen MR) is 109 cm³/mol. The molecule has 0 bridgehead atoms. The standard InChI is InChI=1S/C22H35N3O2/c1-18-8-5-7-15-25(18)17-21-12-10-20(11-13-21)16-24-22(27)9-4-3-6-14-23-19(2)26/h10-13,18H,3-9,14-17H2,1-2H3,(H,23,26)(H,24,27)/t18-/m1/s1. The third-order valence-corrected chi connectivity index (χ3v) is 5.29. The van der Waals surface area contributed by atoms with Crippen molar-refractivity contribution in [2.24, 2.45) is 0 Å². The van der Waals surface area contributed by atoms with Crippen LogP contribution in [0.3, 0.4) is 0 Å². The van der Waals surface area contributed by atoms with E-state index in [9.17, 15) is 9.59 Å². The first-order valence-electron chi connectivity index (χ1n) is 10.4. The molecule has 1 fully saturated rings. The Kier molecular flexibility index (Phi) is 9.32. The van der Waals surface area contributed by atoms with Crippen LogP contribution in [0.2, 0.25) is 0 Å². The molecule has 0 radical (unpaired) electrons. The van der Waals surface area contributed by atoms with E-state index in [-0.39, 0.29) is 11.8 Å². The zero-order chi connectivity index (χ0) is 19.5. The Labute approximate surface area is 163 Å². The third kappa shape index (κ3) is 8.57. The third-order valence-electron chi connectivity index (χ3n) is 5.29. The SMILES string of the molecule is CC(=O)NCCCCCC(=O)NCc1ccc(CN2CCCC[C@H]2C)cc1. The topological polar surface area (TPSA) is 61.4 Å². The highest BCUT2D eigenvalue weighted by Gasteiger charge is 2.17. The van der Waals surface area contributed by atoms with Crippen LogP contribution in [0.5, 0.6) is 0 Å². The van der Waals surface area contributed by atoms with Crippen molar-refractivity contribution in [1.82, 2.24) is 15.5 Å². The highest BCUT2D eigenvalue weighted by atomic mass is 16.2. The van der Waals surface area contributed by atoms with Crippen LogP contribution in [0.25, 0.3) is 0 Å². The van der Waals surface area contributed by atoms with Crippen molar-refractivity contribution in [2.45, 2.75) is 77.9 Å². The van der Waals surface area contributed by atoms with Crippen molar-refractivity contribution in [3.05, 3.63) is 35.4 Å². The maximum Gasteiger partial charge on any atom is 0.220 e. The average Bonchev–Trinajstić information content (AvgIpc) is 2.65. The van der Waals surface area contributed by atoms with E-state index in [1.807, 2.05) is 0 Å².